The average Bonchev–Trinajstić information content (AvgIpc) is 2.33. The van der Waals surface area contributed by atoms with Crippen molar-refractivity contribution < 1.29 is 9.53 Å². The molecule has 0 N–H and O–H groups in total. The summed E-state index contributed by atoms with van der Waals surface area (Å²) >= 11 is 1.57. The molecule has 0 aromatic heterocycles. The highest BCUT2D eigenvalue weighted by atomic mass is 32.2. The van der Waals surface area contributed by atoms with Crippen LogP contribution in [0.25, 0.3) is 0 Å². The SMILES string of the molecule is CSc1cccc(OCCCN(C)C)c1C(C)=O. The topological polar surface area (TPSA) is 29.5 Å². The van der Waals surface area contributed by atoms with Gasteiger partial charge in [0.1, 0.15) is 5.75 Å². The van der Waals surface area contributed by atoms with Gasteiger partial charge in [0.05, 0.1) is 12.2 Å². The largest absolute Gasteiger partial charge is 0.493 e. The molecule has 0 spiro atoms. The molecule has 0 fully saturated rings. The number of ketones is 1. The third-order valence-electron chi connectivity index (χ3n) is 2.57. The molecular formula is C14H21NO2S. The molecule has 0 saturated carbocycles. The monoisotopic (exact) mass is 267 g/mol. The van der Waals surface area contributed by atoms with E-state index in [-0.39, 0.29) is 5.78 Å². The van der Waals surface area contributed by atoms with Crippen LogP contribution in [0.5, 0.6) is 5.75 Å². The summed E-state index contributed by atoms with van der Waals surface area (Å²) in [4.78, 5) is 14.8. The van der Waals surface area contributed by atoms with Crippen LogP contribution in [0.1, 0.15) is 23.7 Å². The van der Waals surface area contributed by atoms with E-state index in [1.165, 1.54) is 0 Å². The Morgan fingerprint density at radius 3 is 2.67 bits per heavy atom. The van der Waals surface area contributed by atoms with Crippen LogP contribution in [-0.4, -0.2) is 44.2 Å². The van der Waals surface area contributed by atoms with Gasteiger partial charge in [-0.2, -0.15) is 0 Å². The molecule has 4 heteroatoms. The Morgan fingerprint density at radius 1 is 1.39 bits per heavy atom. The van der Waals surface area contributed by atoms with E-state index in [1.807, 2.05) is 38.6 Å². The van der Waals surface area contributed by atoms with Gasteiger partial charge >= 0.3 is 0 Å². The lowest BCUT2D eigenvalue weighted by Crippen LogP contribution is -2.16. The molecule has 0 bridgehead atoms. The predicted molar refractivity (Wildman–Crippen MR) is 76.9 cm³/mol. The van der Waals surface area contributed by atoms with Crippen LogP contribution in [0, 0.1) is 0 Å². The lowest BCUT2D eigenvalue weighted by molar-refractivity contribution is 0.101. The molecule has 1 aromatic carbocycles. The van der Waals surface area contributed by atoms with Gasteiger partial charge in [-0.1, -0.05) is 6.07 Å². The first-order valence-corrected chi connectivity index (χ1v) is 7.24. The quantitative estimate of drug-likeness (QED) is 0.431. The maximum atomic E-state index is 11.7. The number of carbonyl (C=O) groups excluding carboxylic acids is 1. The van der Waals surface area contributed by atoms with Crippen molar-refractivity contribution >= 4 is 17.5 Å². The second-order valence-electron chi connectivity index (χ2n) is 4.39. The van der Waals surface area contributed by atoms with Gasteiger partial charge < -0.3 is 9.64 Å². The molecule has 18 heavy (non-hydrogen) atoms. The summed E-state index contributed by atoms with van der Waals surface area (Å²) in [5.41, 5.74) is 0.704. The maximum Gasteiger partial charge on any atom is 0.164 e. The number of rotatable bonds is 7. The smallest absolute Gasteiger partial charge is 0.164 e. The lowest BCUT2D eigenvalue weighted by atomic mass is 10.1. The minimum atomic E-state index is 0.0579. The van der Waals surface area contributed by atoms with Crippen molar-refractivity contribution in [2.75, 3.05) is 33.5 Å². The molecule has 1 rings (SSSR count). The zero-order valence-corrected chi connectivity index (χ0v) is 12.3. The molecule has 100 valence electrons. The molecule has 3 nitrogen and oxygen atoms in total. The van der Waals surface area contributed by atoms with E-state index >= 15 is 0 Å². The molecule has 0 atom stereocenters. The summed E-state index contributed by atoms with van der Waals surface area (Å²) in [5.74, 6) is 0.760. The van der Waals surface area contributed by atoms with Crippen molar-refractivity contribution in [1.82, 2.24) is 4.90 Å². The van der Waals surface area contributed by atoms with E-state index in [4.69, 9.17) is 4.74 Å². The van der Waals surface area contributed by atoms with Crippen LogP contribution >= 0.6 is 11.8 Å². The first kappa shape index (κ1) is 15.1. The summed E-state index contributed by atoms with van der Waals surface area (Å²) in [5, 5.41) is 0. The van der Waals surface area contributed by atoms with E-state index in [1.54, 1.807) is 18.7 Å². The molecule has 0 heterocycles. The molecule has 0 radical (unpaired) electrons. The fraction of sp³-hybridized carbons (Fsp3) is 0.500. The first-order valence-electron chi connectivity index (χ1n) is 6.01. The van der Waals surface area contributed by atoms with Crippen molar-refractivity contribution in [1.29, 1.82) is 0 Å². The van der Waals surface area contributed by atoms with E-state index < -0.39 is 0 Å². The van der Waals surface area contributed by atoms with E-state index in [2.05, 4.69) is 4.90 Å². The van der Waals surface area contributed by atoms with Gasteiger partial charge in [0.15, 0.2) is 5.78 Å². The Bertz CT molecular complexity index is 405. The van der Waals surface area contributed by atoms with Gasteiger partial charge in [0.2, 0.25) is 0 Å². The number of benzene rings is 1. The second-order valence-corrected chi connectivity index (χ2v) is 5.24. The molecular weight excluding hydrogens is 246 g/mol. The van der Waals surface area contributed by atoms with Crippen LogP contribution in [-0.2, 0) is 0 Å². The number of nitrogens with zero attached hydrogens (tertiary/aromatic N) is 1. The molecule has 0 aliphatic heterocycles. The Balaban J connectivity index is 2.72. The van der Waals surface area contributed by atoms with Gasteiger partial charge in [-0.3, -0.25) is 4.79 Å². The van der Waals surface area contributed by atoms with Crippen LogP contribution in [0.2, 0.25) is 0 Å². The van der Waals surface area contributed by atoms with Crippen molar-refractivity contribution in [3.05, 3.63) is 23.8 Å². The Morgan fingerprint density at radius 2 is 2.11 bits per heavy atom. The van der Waals surface area contributed by atoms with Gasteiger partial charge in [0, 0.05) is 11.4 Å². The fourth-order valence-electron chi connectivity index (χ4n) is 1.71. The summed E-state index contributed by atoms with van der Waals surface area (Å²) in [6.07, 6.45) is 2.92. The van der Waals surface area contributed by atoms with Crippen LogP contribution in [0.3, 0.4) is 0 Å². The Labute approximate surface area is 114 Å². The summed E-state index contributed by atoms with van der Waals surface area (Å²) < 4.78 is 5.73. The highest BCUT2D eigenvalue weighted by molar-refractivity contribution is 7.98. The molecule has 0 aliphatic carbocycles. The third-order valence-corrected chi connectivity index (χ3v) is 3.35. The molecule has 0 amide bonds. The van der Waals surface area contributed by atoms with Crippen LogP contribution < -0.4 is 4.74 Å². The number of Topliss-reactive ketones (excluding diaryl/α,β-unsaturated/α-hetero) is 1. The second kappa shape index (κ2) is 7.44. The molecule has 1 aromatic rings. The molecule has 0 aliphatic rings. The summed E-state index contributed by atoms with van der Waals surface area (Å²) in [7, 11) is 4.07. The van der Waals surface area contributed by atoms with Gasteiger partial charge in [-0.05, 0) is 45.8 Å². The van der Waals surface area contributed by atoms with Gasteiger partial charge in [-0.15, -0.1) is 11.8 Å². The van der Waals surface area contributed by atoms with E-state index in [0.29, 0.717) is 17.9 Å². The number of hydrogen-bond acceptors (Lipinski definition) is 4. The van der Waals surface area contributed by atoms with Crippen molar-refractivity contribution in [3.8, 4) is 5.75 Å². The predicted octanol–water partition coefficient (Wildman–Crippen LogP) is 2.94. The average molecular weight is 267 g/mol. The first-order chi connectivity index (χ1) is 8.56. The normalized spacial score (nSPS) is 10.7. The minimum Gasteiger partial charge on any atom is -0.493 e. The number of carbonyl (C=O) groups is 1. The summed E-state index contributed by atoms with van der Waals surface area (Å²) in [6, 6.07) is 5.75. The Hall–Kier alpha value is -1.00. The Kier molecular flexibility index (Phi) is 6.22. The van der Waals surface area contributed by atoms with Crippen molar-refractivity contribution in [2.24, 2.45) is 0 Å². The molecule has 0 unspecified atom stereocenters. The van der Waals surface area contributed by atoms with Crippen molar-refractivity contribution in [3.63, 3.8) is 0 Å². The highest BCUT2D eigenvalue weighted by Crippen LogP contribution is 2.29. The highest BCUT2D eigenvalue weighted by Gasteiger charge is 2.13. The molecule has 0 saturated heterocycles. The van der Waals surface area contributed by atoms with E-state index in [0.717, 1.165) is 17.9 Å². The summed E-state index contributed by atoms with van der Waals surface area (Å²) in [6.45, 7) is 3.20. The van der Waals surface area contributed by atoms with Gasteiger partial charge in [0.25, 0.3) is 0 Å². The minimum absolute atomic E-state index is 0.0579. The number of hydrogen-bond donors (Lipinski definition) is 0. The zero-order valence-electron chi connectivity index (χ0n) is 11.5. The number of ether oxygens (including phenoxy) is 1. The van der Waals surface area contributed by atoms with E-state index in [9.17, 15) is 4.79 Å². The number of thioether (sulfide) groups is 1. The van der Waals surface area contributed by atoms with Crippen molar-refractivity contribution in [2.45, 2.75) is 18.2 Å². The fourth-order valence-corrected chi connectivity index (χ4v) is 2.37. The third kappa shape index (κ3) is 4.35. The zero-order chi connectivity index (χ0) is 13.5. The van der Waals surface area contributed by atoms with Crippen LogP contribution in [0.4, 0.5) is 0 Å². The lowest BCUT2D eigenvalue weighted by Gasteiger charge is -2.14. The maximum absolute atomic E-state index is 11.7. The standard InChI is InChI=1S/C14H21NO2S/c1-11(16)14-12(7-5-8-13(14)18-4)17-10-6-9-15(2)3/h5,7-8H,6,9-10H2,1-4H3. The van der Waals surface area contributed by atoms with Crippen LogP contribution in [0.15, 0.2) is 23.1 Å². The van der Waals surface area contributed by atoms with Gasteiger partial charge in [-0.25, -0.2) is 0 Å².